The molecule has 0 radical (unpaired) electrons. The molecular formula is C19H17F2N5O2. The maximum Gasteiger partial charge on any atom is 0.255 e. The topological polar surface area (TPSA) is 73.1 Å². The molecule has 28 heavy (non-hydrogen) atoms. The van der Waals surface area contributed by atoms with E-state index in [-0.39, 0.29) is 5.56 Å². The van der Waals surface area contributed by atoms with E-state index in [1.807, 2.05) is 4.90 Å². The highest BCUT2D eigenvalue weighted by molar-refractivity contribution is 5.55. The van der Waals surface area contributed by atoms with Gasteiger partial charge in [0.15, 0.2) is 0 Å². The fraction of sp³-hybridized carbons (Fsp3) is 0.263. The Labute approximate surface area is 159 Å². The smallest absolute Gasteiger partial charge is 0.255 e. The molecular weight excluding hydrogens is 368 g/mol. The highest BCUT2D eigenvalue weighted by Crippen LogP contribution is 2.26. The zero-order valence-electron chi connectivity index (χ0n) is 15.0. The summed E-state index contributed by atoms with van der Waals surface area (Å²) in [4.78, 5) is 26.9. The number of morpholine rings is 1. The third kappa shape index (κ3) is 3.61. The molecule has 3 aromatic rings. The number of halogens is 2. The Morgan fingerprint density at radius 3 is 2.64 bits per heavy atom. The Balaban J connectivity index is 1.68. The lowest BCUT2D eigenvalue weighted by Gasteiger charge is -2.34. The fourth-order valence-electron chi connectivity index (χ4n) is 3.18. The maximum absolute atomic E-state index is 13.6. The average molecular weight is 385 g/mol. The molecule has 0 amide bonds. The van der Waals surface area contributed by atoms with Gasteiger partial charge in [0.2, 0.25) is 5.95 Å². The Hall–Kier alpha value is -3.20. The predicted octanol–water partition coefficient (Wildman–Crippen LogP) is 2.09. The molecule has 2 aromatic heterocycles. The minimum Gasteiger partial charge on any atom is -0.370 e. The van der Waals surface area contributed by atoms with Crippen LogP contribution in [0, 0.1) is 11.6 Å². The van der Waals surface area contributed by atoms with Crippen LogP contribution in [0.5, 0.6) is 0 Å². The third-order valence-corrected chi connectivity index (χ3v) is 4.56. The van der Waals surface area contributed by atoms with E-state index in [9.17, 15) is 13.6 Å². The summed E-state index contributed by atoms with van der Waals surface area (Å²) < 4.78 is 34.3. The van der Waals surface area contributed by atoms with Crippen LogP contribution in [0.15, 0.2) is 47.7 Å². The summed E-state index contributed by atoms with van der Waals surface area (Å²) in [5, 5.41) is 0. The molecule has 1 aromatic carbocycles. The van der Waals surface area contributed by atoms with Crippen molar-refractivity contribution in [3.8, 4) is 11.4 Å². The molecule has 9 heteroatoms. The third-order valence-electron chi connectivity index (χ3n) is 4.56. The average Bonchev–Trinajstić information content (AvgIpc) is 2.70. The minimum absolute atomic E-state index is 0.238. The lowest BCUT2D eigenvalue weighted by Crippen LogP contribution is -2.41. The number of aromatic nitrogens is 4. The van der Waals surface area contributed by atoms with Crippen LogP contribution in [-0.2, 0) is 11.8 Å². The van der Waals surface area contributed by atoms with E-state index in [4.69, 9.17) is 4.74 Å². The molecule has 0 saturated carbocycles. The quantitative estimate of drug-likeness (QED) is 0.688. The zero-order valence-corrected chi connectivity index (χ0v) is 15.0. The van der Waals surface area contributed by atoms with E-state index in [0.717, 1.165) is 6.07 Å². The van der Waals surface area contributed by atoms with Crippen molar-refractivity contribution < 1.29 is 13.5 Å². The molecule has 0 aliphatic carbocycles. The van der Waals surface area contributed by atoms with Crippen molar-refractivity contribution >= 4 is 5.95 Å². The van der Waals surface area contributed by atoms with Gasteiger partial charge in [0, 0.05) is 31.9 Å². The van der Waals surface area contributed by atoms with Gasteiger partial charge < -0.3 is 9.64 Å². The number of anilines is 1. The van der Waals surface area contributed by atoms with E-state index in [0.29, 0.717) is 42.6 Å². The maximum atomic E-state index is 13.6. The first-order chi connectivity index (χ1) is 13.5. The number of benzene rings is 1. The van der Waals surface area contributed by atoms with Gasteiger partial charge in [-0.2, -0.15) is 0 Å². The van der Waals surface area contributed by atoms with E-state index >= 15 is 0 Å². The number of ether oxygens (including phenoxy) is 1. The van der Waals surface area contributed by atoms with Gasteiger partial charge in [-0.1, -0.05) is 0 Å². The molecule has 1 aliphatic rings. The van der Waals surface area contributed by atoms with Gasteiger partial charge in [-0.05, 0) is 23.8 Å². The van der Waals surface area contributed by atoms with Crippen molar-refractivity contribution in [2.24, 2.45) is 7.05 Å². The summed E-state index contributed by atoms with van der Waals surface area (Å²) >= 11 is 0. The summed E-state index contributed by atoms with van der Waals surface area (Å²) in [5.41, 5.74) is 1.13. The largest absolute Gasteiger partial charge is 0.370 e. The number of hydrogen-bond donors (Lipinski definition) is 0. The molecule has 3 heterocycles. The molecule has 1 saturated heterocycles. The number of hydrogen-bond acceptors (Lipinski definition) is 6. The first-order valence-electron chi connectivity index (χ1n) is 8.68. The van der Waals surface area contributed by atoms with Crippen LogP contribution < -0.4 is 10.5 Å². The SMILES string of the molecule is Cn1c(N2CCOC(c3cc(F)cc(F)c3)C2)nc(-c2ccncn2)cc1=O. The Kier molecular flexibility index (Phi) is 4.82. The summed E-state index contributed by atoms with van der Waals surface area (Å²) in [7, 11) is 1.63. The van der Waals surface area contributed by atoms with E-state index in [1.54, 1.807) is 19.3 Å². The highest BCUT2D eigenvalue weighted by atomic mass is 19.1. The van der Waals surface area contributed by atoms with Crippen molar-refractivity contribution in [1.29, 1.82) is 0 Å². The summed E-state index contributed by atoms with van der Waals surface area (Å²) in [6.45, 7) is 1.12. The molecule has 0 N–H and O–H groups in total. The Bertz CT molecular complexity index is 1040. The van der Waals surface area contributed by atoms with Crippen LogP contribution >= 0.6 is 0 Å². The predicted molar refractivity (Wildman–Crippen MR) is 97.8 cm³/mol. The molecule has 1 aliphatic heterocycles. The molecule has 1 atom stereocenters. The first-order valence-corrected chi connectivity index (χ1v) is 8.68. The van der Waals surface area contributed by atoms with Gasteiger partial charge in [0.05, 0.1) is 24.5 Å². The van der Waals surface area contributed by atoms with Crippen LogP contribution in [0.3, 0.4) is 0 Å². The second-order valence-electron chi connectivity index (χ2n) is 6.44. The van der Waals surface area contributed by atoms with E-state index in [1.165, 1.54) is 29.1 Å². The van der Waals surface area contributed by atoms with Gasteiger partial charge in [-0.3, -0.25) is 9.36 Å². The summed E-state index contributed by atoms with van der Waals surface area (Å²) in [6, 6.07) is 6.40. The highest BCUT2D eigenvalue weighted by Gasteiger charge is 2.26. The van der Waals surface area contributed by atoms with Crippen molar-refractivity contribution in [2.75, 3.05) is 24.6 Å². The number of nitrogens with zero attached hydrogens (tertiary/aromatic N) is 5. The molecule has 0 bridgehead atoms. The van der Waals surface area contributed by atoms with Crippen LogP contribution in [0.25, 0.3) is 11.4 Å². The van der Waals surface area contributed by atoms with Crippen LogP contribution in [0.4, 0.5) is 14.7 Å². The van der Waals surface area contributed by atoms with E-state index < -0.39 is 17.7 Å². The normalized spacial score (nSPS) is 17.0. The van der Waals surface area contributed by atoms with Gasteiger partial charge in [-0.25, -0.2) is 23.7 Å². The van der Waals surface area contributed by atoms with Crippen molar-refractivity contribution in [2.45, 2.75) is 6.10 Å². The Morgan fingerprint density at radius 1 is 1.14 bits per heavy atom. The fourth-order valence-corrected chi connectivity index (χ4v) is 3.18. The Morgan fingerprint density at radius 2 is 1.93 bits per heavy atom. The van der Waals surface area contributed by atoms with Crippen molar-refractivity contribution in [3.05, 3.63) is 70.4 Å². The zero-order chi connectivity index (χ0) is 19.7. The lowest BCUT2D eigenvalue weighted by molar-refractivity contribution is 0.0386. The molecule has 0 spiro atoms. The molecule has 4 rings (SSSR count). The summed E-state index contributed by atoms with van der Waals surface area (Å²) in [6.07, 6.45) is 2.42. The molecule has 144 valence electrons. The van der Waals surface area contributed by atoms with Gasteiger partial charge in [0.1, 0.15) is 24.1 Å². The van der Waals surface area contributed by atoms with Crippen LogP contribution in [0.2, 0.25) is 0 Å². The summed E-state index contributed by atoms with van der Waals surface area (Å²) in [5.74, 6) is -0.884. The number of rotatable bonds is 3. The van der Waals surface area contributed by atoms with Crippen LogP contribution in [-0.4, -0.2) is 39.2 Å². The van der Waals surface area contributed by atoms with Gasteiger partial charge in [0.25, 0.3) is 5.56 Å². The van der Waals surface area contributed by atoms with Crippen molar-refractivity contribution in [3.63, 3.8) is 0 Å². The lowest BCUT2D eigenvalue weighted by atomic mass is 10.1. The van der Waals surface area contributed by atoms with Gasteiger partial charge >= 0.3 is 0 Å². The monoisotopic (exact) mass is 385 g/mol. The second kappa shape index (κ2) is 7.43. The second-order valence-corrected chi connectivity index (χ2v) is 6.44. The van der Waals surface area contributed by atoms with Crippen LogP contribution in [0.1, 0.15) is 11.7 Å². The van der Waals surface area contributed by atoms with Gasteiger partial charge in [-0.15, -0.1) is 0 Å². The van der Waals surface area contributed by atoms with Crippen molar-refractivity contribution in [1.82, 2.24) is 19.5 Å². The molecule has 1 fully saturated rings. The van der Waals surface area contributed by atoms with E-state index in [2.05, 4.69) is 15.0 Å². The molecule has 1 unspecified atom stereocenters. The minimum atomic E-state index is -0.660. The standard InChI is InChI=1S/C19H17F2N5O2/c1-25-18(27)9-16(15-2-3-22-11-23-15)24-19(25)26-4-5-28-17(10-26)12-6-13(20)8-14(21)7-12/h2-3,6-9,11,17H,4-5,10H2,1H3. The first kappa shape index (κ1) is 18.2. The molecule has 7 nitrogen and oxygen atoms in total.